The lowest BCUT2D eigenvalue weighted by Gasteiger charge is -2.15. The van der Waals surface area contributed by atoms with Gasteiger partial charge in [0.25, 0.3) is 0 Å². The summed E-state index contributed by atoms with van der Waals surface area (Å²) in [6.45, 7) is 0. The third kappa shape index (κ3) is 3.12. The molecule has 0 heterocycles. The van der Waals surface area contributed by atoms with Crippen LogP contribution in [-0.4, -0.2) is 0 Å². The highest BCUT2D eigenvalue weighted by Gasteiger charge is 2.10. The van der Waals surface area contributed by atoms with E-state index >= 15 is 0 Å². The van der Waals surface area contributed by atoms with E-state index < -0.39 is 0 Å². The molecule has 0 atom stereocenters. The van der Waals surface area contributed by atoms with Gasteiger partial charge in [-0.3, -0.25) is 0 Å². The van der Waals surface area contributed by atoms with Crippen LogP contribution >= 0.6 is 0 Å². The molecule has 1 nitrogen and oxygen atoms in total. The average molecular weight is 396 g/mol. The van der Waals surface area contributed by atoms with Crippen LogP contribution in [0.1, 0.15) is 0 Å². The summed E-state index contributed by atoms with van der Waals surface area (Å²) in [6, 6.07) is 43.2. The highest BCUT2D eigenvalue weighted by atomic mass is 14.9. The second kappa shape index (κ2) is 7.30. The van der Waals surface area contributed by atoms with Crippen LogP contribution in [0.4, 0.5) is 11.4 Å². The van der Waals surface area contributed by atoms with Gasteiger partial charge < -0.3 is 5.32 Å². The molecule has 0 bridgehead atoms. The summed E-state index contributed by atoms with van der Waals surface area (Å²) < 4.78 is 0. The largest absolute Gasteiger partial charge is 0.355 e. The molecule has 0 saturated carbocycles. The summed E-state index contributed by atoms with van der Waals surface area (Å²) in [5.41, 5.74) is 4.69. The van der Waals surface area contributed by atoms with E-state index in [9.17, 15) is 0 Å². The Morgan fingerprint density at radius 2 is 1.00 bits per heavy atom. The van der Waals surface area contributed by atoms with Gasteiger partial charge in [-0.15, -0.1) is 0 Å². The number of nitrogens with one attached hydrogen (secondary N) is 1. The highest BCUT2D eigenvalue weighted by Crippen LogP contribution is 2.36. The minimum atomic E-state index is 1.10. The molecule has 146 valence electrons. The number of fused-ring (bicyclic) bond motifs is 4. The van der Waals surface area contributed by atoms with Crippen molar-refractivity contribution >= 4 is 43.7 Å². The monoisotopic (exact) mass is 395 g/mol. The molecule has 0 radical (unpaired) electrons. The molecule has 6 rings (SSSR count). The van der Waals surface area contributed by atoms with Gasteiger partial charge in [-0.2, -0.15) is 0 Å². The minimum absolute atomic E-state index is 1.10. The normalized spacial score (nSPS) is 11.2. The lowest BCUT2D eigenvalue weighted by Crippen LogP contribution is -1.94. The van der Waals surface area contributed by atoms with Gasteiger partial charge in [-0.25, -0.2) is 0 Å². The molecule has 0 saturated heterocycles. The van der Waals surface area contributed by atoms with Gasteiger partial charge >= 0.3 is 0 Å². The van der Waals surface area contributed by atoms with Crippen molar-refractivity contribution in [1.29, 1.82) is 0 Å². The molecule has 6 aromatic carbocycles. The molecular formula is C30H21N. The third-order valence-electron chi connectivity index (χ3n) is 5.99. The minimum Gasteiger partial charge on any atom is -0.355 e. The molecule has 0 aliphatic heterocycles. The summed E-state index contributed by atoms with van der Waals surface area (Å²) in [4.78, 5) is 0. The van der Waals surface area contributed by atoms with E-state index in [-0.39, 0.29) is 0 Å². The molecule has 0 aliphatic carbocycles. The maximum atomic E-state index is 3.74. The third-order valence-corrected chi connectivity index (χ3v) is 5.99. The standard InChI is InChI=1S/C30H21N/c1-2-10-21(11-3-1)29-20-24(18-22-12-4-7-15-26(22)29)31-30-19-23-13-5-6-14-25(23)27-16-8-9-17-28(27)30/h1-20,31H. The molecule has 6 aromatic rings. The Balaban J connectivity index is 1.56. The fourth-order valence-corrected chi connectivity index (χ4v) is 4.55. The van der Waals surface area contributed by atoms with Crippen LogP contribution in [0.3, 0.4) is 0 Å². The maximum Gasteiger partial charge on any atom is 0.0470 e. The van der Waals surface area contributed by atoms with Crippen LogP contribution in [-0.2, 0) is 0 Å². The van der Waals surface area contributed by atoms with E-state index in [1.54, 1.807) is 0 Å². The van der Waals surface area contributed by atoms with Gasteiger partial charge in [0.05, 0.1) is 0 Å². The zero-order valence-electron chi connectivity index (χ0n) is 17.0. The van der Waals surface area contributed by atoms with Gasteiger partial charge in [-0.05, 0) is 56.3 Å². The van der Waals surface area contributed by atoms with E-state index in [1.807, 2.05) is 0 Å². The van der Waals surface area contributed by atoms with E-state index in [1.165, 1.54) is 43.4 Å². The van der Waals surface area contributed by atoms with Crippen molar-refractivity contribution in [2.24, 2.45) is 0 Å². The van der Waals surface area contributed by atoms with Crippen LogP contribution in [0, 0.1) is 0 Å². The fraction of sp³-hybridized carbons (Fsp3) is 0. The molecule has 0 aromatic heterocycles. The molecule has 0 spiro atoms. The Morgan fingerprint density at radius 3 is 1.77 bits per heavy atom. The van der Waals surface area contributed by atoms with E-state index in [0.717, 1.165) is 11.4 Å². The van der Waals surface area contributed by atoms with Crippen molar-refractivity contribution in [1.82, 2.24) is 0 Å². The van der Waals surface area contributed by atoms with Crippen LogP contribution in [0.5, 0.6) is 0 Å². The molecule has 31 heavy (non-hydrogen) atoms. The average Bonchev–Trinajstić information content (AvgIpc) is 2.84. The first-order valence-electron chi connectivity index (χ1n) is 10.6. The fourth-order valence-electron chi connectivity index (χ4n) is 4.55. The summed E-state index contributed by atoms with van der Waals surface area (Å²) in [7, 11) is 0. The van der Waals surface area contributed by atoms with Crippen molar-refractivity contribution in [2.75, 3.05) is 5.32 Å². The summed E-state index contributed by atoms with van der Waals surface area (Å²) in [5, 5.41) is 11.3. The molecule has 1 heteroatoms. The number of rotatable bonds is 3. The first-order valence-corrected chi connectivity index (χ1v) is 10.6. The van der Waals surface area contributed by atoms with Crippen LogP contribution in [0.15, 0.2) is 121 Å². The Hall–Kier alpha value is -4.10. The van der Waals surface area contributed by atoms with Gasteiger partial charge in [0.2, 0.25) is 0 Å². The van der Waals surface area contributed by atoms with Crippen molar-refractivity contribution in [3.63, 3.8) is 0 Å². The summed E-state index contributed by atoms with van der Waals surface area (Å²) in [5.74, 6) is 0. The van der Waals surface area contributed by atoms with Crippen molar-refractivity contribution in [3.05, 3.63) is 121 Å². The SMILES string of the molecule is c1ccc(-c2cc(Nc3cc4ccccc4c4ccccc34)cc3ccccc23)cc1. The highest BCUT2D eigenvalue weighted by molar-refractivity contribution is 6.13. The summed E-state index contributed by atoms with van der Waals surface area (Å²) >= 11 is 0. The first kappa shape index (κ1) is 17.7. The van der Waals surface area contributed by atoms with Crippen molar-refractivity contribution < 1.29 is 0 Å². The quantitative estimate of drug-likeness (QED) is 0.296. The lowest BCUT2D eigenvalue weighted by molar-refractivity contribution is 1.59. The Bertz CT molecular complexity index is 1550. The zero-order chi connectivity index (χ0) is 20.6. The van der Waals surface area contributed by atoms with Crippen LogP contribution in [0.2, 0.25) is 0 Å². The maximum absolute atomic E-state index is 3.74. The molecule has 1 N–H and O–H groups in total. The second-order valence-corrected chi connectivity index (χ2v) is 7.93. The van der Waals surface area contributed by atoms with Crippen molar-refractivity contribution in [2.45, 2.75) is 0 Å². The van der Waals surface area contributed by atoms with E-state index in [4.69, 9.17) is 0 Å². The Morgan fingerprint density at radius 1 is 0.419 bits per heavy atom. The van der Waals surface area contributed by atoms with E-state index in [0.29, 0.717) is 0 Å². The molecule has 0 aliphatic rings. The second-order valence-electron chi connectivity index (χ2n) is 7.93. The van der Waals surface area contributed by atoms with Gasteiger partial charge in [-0.1, -0.05) is 103 Å². The predicted octanol–water partition coefficient (Wildman–Crippen LogP) is 8.56. The molecular weight excluding hydrogens is 374 g/mol. The number of hydrogen-bond acceptors (Lipinski definition) is 1. The first-order chi connectivity index (χ1) is 15.4. The summed E-state index contributed by atoms with van der Waals surface area (Å²) in [6.07, 6.45) is 0. The van der Waals surface area contributed by atoms with E-state index in [2.05, 4.69) is 127 Å². The lowest BCUT2D eigenvalue weighted by atomic mass is 9.97. The molecule has 0 unspecified atom stereocenters. The predicted molar refractivity (Wildman–Crippen MR) is 134 cm³/mol. The number of benzene rings is 6. The van der Waals surface area contributed by atoms with Gasteiger partial charge in [0, 0.05) is 16.8 Å². The topological polar surface area (TPSA) is 12.0 Å². The number of anilines is 2. The smallest absolute Gasteiger partial charge is 0.0470 e. The van der Waals surface area contributed by atoms with Crippen LogP contribution < -0.4 is 5.32 Å². The number of hydrogen-bond donors (Lipinski definition) is 1. The van der Waals surface area contributed by atoms with Gasteiger partial charge in [0.15, 0.2) is 0 Å². The van der Waals surface area contributed by atoms with Crippen LogP contribution in [0.25, 0.3) is 43.4 Å². The van der Waals surface area contributed by atoms with Gasteiger partial charge in [0.1, 0.15) is 0 Å². The Labute approximate surface area is 181 Å². The molecule has 0 amide bonds. The van der Waals surface area contributed by atoms with Crippen molar-refractivity contribution in [3.8, 4) is 11.1 Å². The Kier molecular flexibility index (Phi) is 4.18. The molecule has 0 fully saturated rings. The zero-order valence-corrected chi connectivity index (χ0v) is 17.0.